The minimum absolute atomic E-state index is 0.0897. The van der Waals surface area contributed by atoms with Gasteiger partial charge in [-0.3, -0.25) is 4.79 Å². The smallest absolute Gasteiger partial charge is 0.294 e. The largest absolute Gasteiger partial charge is 0.497 e. The van der Waals surface area contributed by atoms with Crippen LogP contribution < -0.4 is 15.2 Å². The number of aromatic nitrogens is 2. The van der Waals surface area contributed by atoms with Crippen molar-refractivity contribution in [2.45, 2.75) is 25.8 Å². The number of benzene rings is 1. The van der Waals surface area contributed by atoms with E-state index in [1.54, 1.807) is 25.0 Å². The van der Waals surface area contributed by atoms with Crippen LogP contribution in [0.3, 0.4) is 0 Å². The minimum Gasteiger partial charge on any atom is -0.497 e. The van der Waals surface area contributed by atoms with Crippen LogP contribution in [0.1, 0.15) is 24.9 Å². The van der Waals surface area contributed by atoms with Crippen LogP contribution in [0.5, 0.6) is 5.75 Å². The Balaban J connectivity index is 2.10. The van der Waals surface area contributed by atoms with Gasteiger partial charge < -0.3 is 18.9 Å². The lowest BCUT2D eigenvalue weighted by molar-refractivity contribution is 0.151. The zero-order chi connectivity index (χ0) is 18.8. The Labute approximate surface area is 165 Å². The van der Waals surface area contributed by atoms with Gasteiger partial charge in [0.05, 0.1) is 25.4 Å². The Bertz CT molecular complexity index is 871. The van der Waals surface area contributed by atoms with E-state index < -0.39 is 0 Å². The van der Waals surface area contributed by atoms with Crippen LogP contribution in [-0.2, 0) is 11.2 Å². The number of halogens is 2. The fraction of sp³-hybridized carbons (Fsp3) is 0.444. The molecule has 140 valence electrons. The van der Waals surface area contributed by atoms with Crippen LogP contribution >= 0.6 is 27.5 Å². The quantitative estimate of drug-likeness (QED) is 0.678. The molecule has 0 saturated heterocycles. The van der Waals surface area contributed by atoms with Crippen molar-refractivity contribution in [3.63, 3.8) is 0 Å². The molecule has 0 radical (unpaired) electrons. The van der Waals surface area contributed by atoms with E-state index in [9.17, 15) is 4.79 Å². The molecule has 0 bridgehead atoms. The molecule has 3 rings (SSSR count). The van der Waals surface area contributed by atoms with Gasteiger partial charge in [0.1, 0.15) is 10.9 Å². The topological polar surface area (TPSA) is 56.6 Å². The van der Waals surface area contributed by atoms with Crippen molar-refractivity contribution < 1.29 is 9.47 Å². The Hall–Kier alpha value is -1.57. The number of hydrogen-bond acceptors (Lipinski definition) is 5. The zero-order valence-corrected chi connectivity index (χ0v) is 17.3. The Morgan fingerprint density at radius 1 is 1.38 bits per heavy atom. The van der Waals surface area contributed by atoms with E-state index in [4.69, 9.17) is 21.1 Å². The molecule has 0 aliphatic carbocycles. The average Bonchev–Trinajstić information content (AvgIpc) is 3.05. The summed E-state index contributed by atoms with van der Waals surface area (Å²) in [6.45, 7) is 3.11. The number of nitrogens with zero attached hydrogens (tertiary/aromatic N) is 3. The Morgan fingerprint density at radius 2 is 2.15 bits per heavy atom. The molecule has 0 amide bonds. The highest BCUT2D eigenvalue weighted by Gasteiger charge is 2.28. The highest BCUT2D eigenvalue weighted by molar-refractivity contribution is 9.10. The lowest BCUT2D eigenvalue weighted by atomic mass is 10.1. The fourth-order valence-electron chi connectivity index (χ4n) is 3.30. The summed E-state index contributed by atoms with van der Waals surface area (Å²) >= 11 is 9.84. The van der Waals surface area contributed by atoms with E-state index in [1.165, 1.54) is 0 Å². The normalized spacial score (nSPS) is 14.4. The molecular formula is C18H21BrClN3O3. The molecule has 6 nitrogen and oxygen atoms in total. The third-order valence-corrected chi connectivity index (χ3v) is 5.38. The Morgan fingerprint density at radius 3 is 2.81 bits per heavy atom. The molecule has 1 aromatic carbocycles. The molecule has 0 N–H and O–H groups in total. The summed E-state index contributed by atoms with van der Waals surface area (Å²) in [6, 6.07) is 3.79. The third-order valence-electron chi connectivity index (χ3n) is 4.59. The number of fused-ring (bicyclic) bond motifs is 1. The summed E-state index contributed by atoms with van der Waals surface area (Å²) in [5.74, 6) is 1.11. The summed E-state index contributed by atoms with van der Waals surface area (Å²) in [6.07, 6.45) is 3.14. The monoisotopic (exact) mass is 441 g/mol. The highest BCUT2D eigenvalue weighted by Crippen LogP contribution is 2.41. The van der Waals surface area contributed by atoms with Crippen LogP contribution in [0.25, 0.3) is 0 Å². The number of hydrogen-bond donors (Lipinski definition) is 0. The standard InChI is InChI=1S/C18H21BrClN3O3/c1-4-12(10-25-2)23-9-15(20)21-17(18(23)24)22-6-5-11-7-13(26-3)8-14(19)16(11)22/h7-9,12H,4-6,10H2,1-3H3. The van der Waals surface area contributed by atoms with Gasteiger partial charge >= 0.3 is 0 Å². The van der Waals surface area contributed by atoms with Gasteiger partial charge in [-0.05, 0) is 46.5 Å². The van der Waals surface area contributed by atoms with E-state index in [-0.39, 0.29) is 16.8 Å². The lowest BCUT2D eigenvalue weighted by Crippen LogP contribution is -2.33. The SMILES string of the molecule is CCC(COC)n1cc(Cl)nc(N2CCc3cc(OC)cc(Br)c32)c1=O. The van der Waals surface area contributed by atoms with E-state index in [0.717, 1.165) is 34.3 Å². The Kier molecular flexibility index (Phi) is 5.89. The summed E-state index contributed by atoms with van der Waals surface area (Å²) in [5.41, 5.74) is 1.87. The maximum atomic E-state index is 13.1. The molecule has 8 heteroatoms. The van der Waals surface area contributed by atoms with E-state index >= 15 is 0 Å². The first-order valence-corrected chi connectivity index (χ1v) is 9.58. The van der Waals surface area contributed by atoms with Crippen LogP contribution in [0.2, 0.25) is 5.15 Å². The van der Waals surface area contributed by atoms with Crippen molar-refractivity contribution in [1.29, 1.82) is 0 Å². The van der Waals surface area contributed by atoms with Crippen LogP contribution in [0, 0.1) is 0 Å². The summed E-state index contributed by atoms with van der Waals surface area (Å²) in [5, 5.41) is 0.284. The van der Waals surface area contributed by atoms with Gasteiger partial charge in [0.15, 0.2) is 0 Å². The van der Waals surface area contributed by atoms with Gasteiger partial charge in [0, 0.05) is 24.3 Å². The van der Waals surface area contributed by atoms with Gasteiger partial charge in [-0.2, -0.15) is 0 Å². The van der Waals surface area contributed by atoms with Gasteiger partial charge in [-0.25, -0.2) is 4.98 Å². The first-order valence-electron chi connectivity index (χ1n) is 8.41. The summed E-state index contributed by atoms with van der Waals surface area (Å²) < 4.78 is 13.1. The molecule has 2 aromatic rings. The molecule has 1 unspecified atom stereocenters. The average molecular weight is 443 g/mol. The molecule has 1 atom stereocenters. The summed E-state index contributed by atoms with van der Waals surface area (Å²) in [7, 11) is 3.26. The van der Waals surface area contributed by atoms with E-state index in [1.807, 2.05) is 24.0 Å². The van der Waals surface area contributed by atoms with Crippen molar-refractivity contribution in [2.75, 3.05) is 32.3 Å². The molecule has 2 heterocycles. The van der Waals surface area contributed by atoms with Crippen LogP contribution in [-0.4, -0.2) is 36.9 Å². The zero-order valence-electron chi connectivity index (χ0n) is 15.0. The number of anilines is 2. The lowest BCUT2D eigenvalue weighted by Gasteiger charge is -2.23. The molecule has 0 saturated carbocycles. The number of ether oxygens (including phenoxy) is 2. The predicted molar refractivity (Wildman–Crippen MR) is 106 cm³/mol. The number of rotatable bonds is 6. The van der Waals surface area contributed by atoms with Gasteiger partial charge in [0.2, 0.25) is 5.82 Å². The second-order valence-electron chi connectivity index (χ2n) is 6.14. The van der Waals surface area contributed by atoms with Crippen LogP contribution in [0.4, 0.5) is 11.5 Å². The molecule has 0 spiro atoms. The first-order chi connectivity index (χ1) is 12.5. The number of methoxy groups -OCH3 is 2. The summed E-state index contributed by atoms with van der Waals surface area (Å²) in [4.78, 5) is 19.4. The molecular weight excluding hydrogens is 422 g/mol. The second kappa shape index (κ2) is 7.98. The maximum Gasteiger partial charge on any atom is 0.294 e. The van der Waals surface area contributed by atoms with E-state index in [0.29, 0.717) is 19.0 Å². The highest BCUT2D eigenvalue weighted by atomic mass is 79.9. The van der Waals surface area contributed by atoms with Crippen molar-refractivity contribution in [2.24, 2.45) is 0 Å². The van der Waals surface area contributed by atoms with Crippen molar-refractivity contribution in [3.8, 4) is 5.75 Å². The van der Waals surface area contributed by atoms with E-state index in [2.05, 4.69) is 20.9 Å². The van der Waals surface area contributed by atoms with Crippen molar-refractivity contribution >= 4 is 39.0 Å². The molecule has 1 aliphatic rings. The minimum atomic E-state index is -0.172. The molecule has 26 heavy (non-hydrogen) atoms. The molecule has 1 aliphatic heterocycles. The second-order valence-corrected chi connectivity index (χ2v) is 7.38. The fourth-order valence-corrected chi connectivity index (χ4v) is 4.18. The third kappa shape index (κ3) is 3.48. The van der Waals surface area contributed by atoms with Gasteiger partial charge in [-0.15, -0.1) is 0 Å². The maximum absolute atomic E-state index is 13.1. The van der Waals surface area contributed by atoms with Gasteiger partial charge in [-0.1, -0.05) is 18.5 Å². The first kappa shape index (κ1) is 19.2. The molecule has 0 fully saturated rings. The van der Waals surface area contributed by atoms with Gasteiger partial charge in [0.25, 0.3) is 5.56 Å². The predicted octanol–water partition coefficient (Wildman–Crippen LogP) is 3.96. The van der Waals surface area contributed by atoms with Crippen molar-refractivity contribution in [1.82, 2.24) is 9.55 Å². The molecule has 1 aromatic heterocycles. The van der Waals surface area contributed by atoms with Crippen LogP contribution in [0.15, 0.2) is 27.6 Å². The van der Waals surface area contributed by atoms with Crippen molar-refractivity contribution in [3.05, 3.63) is 43.9 Å².